The Bertz CT molecular complexity index is 860. The first-order valence-corrected chi connectivity index (χ1v) is 8.78. The fourth-order valence-corrected chi connectivity index (χ4v) is 2.65. The van der Waals surface area contributed by atoms with Crippen LogP contribution in [0.25, 0.3) is 6.08 Å². The second-order valence-electron chi connectivity index (χ2n) is 6.14. The normalized spacial score (nSPS) is 10.6. The lowest BCUT2D eigenvalue weighted by molar-refractivity contribution is -0.145. The van der Waals surface area contributed by atoms with Crippen LogP contribution < -0.4 is 9.47 Å². The fourth-order valence-electron chi connectivity index (χ4n) is 2.65. The molecule has 0 aliphatic heterocycles. The summed E-state index contributed by atoms with van der Waals surface area (Å²) in [5.41, 5.74) is 2.80. The Labute approximate surface area is 165 Å². The maximum absolute atomic E-state index is 12.7. The van der Waals surface area contributed by atoms with Crippen molar-refractivity contribution >= 4 is 18.0 Å². The minimum absolute atomic E-state index is 0.125. The lowest BCUT2D eigenvalue weighted by Gasteiger charge is -2.21. The number of methoxy groups -OCH3 is 3. The van der Waals surface area contributed by atoms with Gasteiger partial charge in [-0.25, -0.2) is 0 Å². The van der Waals surface area contributed by atoms with E-state index in [0.29, 0.717) is 18.0 Å². The van der Waals surface area contributed by atoms with Crippen LogP contribution in [0.2, 0.25) is 0 Å². The van der Waals surface area contributed by atoms with Crippen LogP contribution in [0.5, 0.6) is 11.5 Å². The van der Waals surface area contributed by atoms with Crippen molar-refractivity contribution in [2.45, 2.75) is 13.5 Å². The Balaban J connectivity index is 2.20. The molecule has 0 radical (unpaired) electrons. The predicted octanol–water partition coefficient (Wildman–Crippen LogP) is 3.23. The third-order valence-corrected chi connectivity index (χ3v) is 4.31. The third kappa shape index (κ3) is 5.61. The molecule has 0 unspecified atom stereocenters. The molecule has 0 fully saturated rings. The van der Waals surface area contributed by atoms with Crippen molar-refractivity contribution in [3.63, 3.8) is 0 Å². The number of rotatable bonds is 8. The summed E-state index contributed by atoms with van der Waals surface area (Å²) in [6.07, 6.45) is 3.11. The first kappa shape index (κ1) is 21.0. The molecule has 0 bridgehead atoms. The summed E-state index contributed by atoms with van der Waals surface area (Å²) in [5, 5.41) is 0. The number of aryl methyl sites for hydroxylation is 1. The van der Waals surface area contributed by atoms with Crippen LogP contribution in [0.3, 0.4) is 0 Å². The Morgan fingerprint density at radius 1 is 1.00 bits per heavy atom. The number of carbonyl (C=O) groups excluding carboxylic acids is 2. The summed E-state index contributed by atoms with van der Waals surface area (Å²) in [7, 11) is 4.42. The molecule has 0 aliphatic rings. The summed E-state index contributed by atoms with van der Waals surface area (Å²) < 4.78 is 15.2. The molecule has 0 heterocycles. The van der Waals surface area contributed by atoms with Crippen molar-refractivity contribution in [2.24, 2.45) is 0 Å². The highest BCUT2D eigenvalue weighted by Crippen LogP contribution is 2.28. The van der Waals surface area contributed by atoms with E-state index in [1.54, 1.807) is 32.4 Å². The minimum Gasteiger partial charge on any atom is -0.493 e. The monoisotopic (exact) mass is 383 g/mol. The van der Waals surface area contributed by atoms with E-state index >= 15 is 0 Å². The first-order valence-electron chi connectivity index (χ1n) is 8.78. The molecule has 2 aromatic carbocycles. The highest BCUT2D eigenvalue weighted by molar-refractivity contribution is 5.93. The molecule has 1 amide bonds. The van der Waals surface area contributed by atoms with Gasteiger partial charge >= 0.3 is 5.97 Å². The van der Waals surface area contributed by atoms with Crippen LogP contribution in [-0.4, -0.2) is 44.7 Å². The van der Waals surface area contributed by atoms with Gasteiger partial charge in [-0.15, -0.1) is 0 Å². The van der Waals surface area contributed by atoms with Crippen molar-refractivity contribution in [2.75, 3.05) is 27.9 Å². The Morgan fingerprint density at radius 3 is 2.36 bits per heavy atom. The van der Waals surface area contributed by atoms with Crippen LogP contribution in [-0.2, 0) is 20.9 Å². The summed E-state index contributed by atoms with van der Waals surface area (Å²) in [5.74, 6) is 0.422. The average molecular weight is 383 g/mol. The molecule has 6 heteroatoms. The van der Waals surface area contributed by atoms with Crippen LogP contribution >= 0.6 is 0 Å². The van der Waals surface area contributed by atoms with Gasteiger partial charge in [0.15, 0.2) is 11.5 Å². The summed E-state index contributed by atoms with van der Waals surface area (Å²) in [6.45, 7) is 2.16. The van der Waals surface area contributed by atoms with Crippen LogP contribution in [0.4, 0.5) is 0 Å². The van der Waals surface area contributed by atoms with E-state index in [4.69, 9.17) is 14.2 Å². The molecule has 6 nitrogen and oxygen atoms in total. The molecule has 0 N–H and O–H groups in total. The van der Waals surface area contributed by atoms with Gasteiger partial charge in [0, 0.05) is 12.6 Å². The SMILES string of the molecule is COC(=O)CN(Cc1ccccc1C)C(=O)/C=C/c1ccc(OC)c(OC)c1. The van der Waals surface area contributed by atoms with Gasteiger partial charge in [-0.2, -0.15) is 0 Å². The molecule has 2 aromatic rings. The van der Waals surface area contributed by atoms with Gasteiger partial charge in [-0.1, -0.05) is 30.3 Å². The molecule has 0 saturated heterocycles. The Hall–Kier alpha value is -3.28. The number of nitrogens with zero attached hydrogens (tertiary/aromatic N) is 1. The summed E-state index contributed by atoms with van der Waals surface area (Å²) >= 11 is 0. The molecular formula is C22H25NO5. The molecule has 148 valence electrons. The Morgan fingerprint density at radius 2 is 1.71 bits per heavy atom. The maximum atomic E-state index is 12.7. The van der Waals surface area contributed by atoms with Crippen molar-refractivity contribution in [3.8, 4) is 11.5 Å². The smallest absolute Gasteiger partial charge is 0.325 e. The summed E-state index contributed by atoms with van der Waals surface area (Å²) in [4.78, 5) is 25.9. The molecule has 0 spiro atoms. The van der Waals surface area contributed by atoms with E-state index < -0.39 is 5.97 Å². The van der Waals surface area contributed by atoms with Crippen molar-refractivity contribution in [3.05, 3.63) is 65.2 Å². The molecular weight excluding hydrogens is 358 g/mol. The summed E-state index contributed by atoms with van der Waals surface area (Å²) in [6, 6.07) is 13.1. The highest BCUT2D eigenvalue weighted by Gasteiger charge is 2.17. The van der Waals surface area contributed by atoms with Gasteiger partial charge in [0.2, 0.25) is 5.91 Å². The molecule has 0 aromatic heterocycles. The quantitative estimate of drug-likeness (QED) is 0.517. The molecule has 28 heavy (non-hydrogen) atoms. The van der Waals surface area contributed by atoms with E-state index in [1.165, 1.54) is 18.1 Å². The first-order chi connectivity index (χ1) is 13.5. The maximum Gasteiger partial charge on any atom is 0.325 e. The fraction of sp³-hybridized carbons (Fsp3) is 0.273. The number of ether oxygens (including phenoxy) is 3. The lowest BCUT2D eigenvalue weighted by Crippen LogP contribution is -2.34. The minimum atomic E-state index is -0.471. The highest BCUT2D eigenvalue weighted by atomic mass is 16.5. The molecule has 0 saturated carbocycles. The average Bonchev–Trinajstić information content (AvgIpc) is 2.72. The zero-order valence-electron chi connectivity index (χ0n) is 16.6. The van der Waals surface area contributed by atoms with E-state index in [1.807, 2.05) is 37.3 Å². The number of carbonyl (C=O) groups is 2. The number of benzene rings is 2. The van der Waals surface area contributed by atoms with E-state index in [0.717, 1.165) is 16.7 Å². The second-order valence-corrected chi connectivity index (χ2v) is 6.14. The Kier molecular flexibility index (Phi) is 7.63. The van der Waals surface area contributed by atoms with Crippen molar-refractivity contribution in [1.29, 1.82) is 0 Å². The van der Waals surface area contributed by atoms with Gasteiger partial charge < -0.3 is 19.1 Å². The molecule has 0 aliphatic carbocycles. The molecule has 2 rings (SSSR count). The van der Waals surface area contributed by atoms with E-state index in [9.17, 15) is 9.59 Å². The lowest BCUT2D eigenvalue weighted by atomic mass is 10.1. The second kappa shape index (κ2) is 10.2. The number of hydrogen-bond acceptors (Lipinski definition) is 5. The van der Waals surface area contributed by atoms with Crippen LogP contribution in [0.1, 0.15) is 16.7 Å². The molecule has 0 atom stereocenters. The van der Waals surface area contributed by atoms with Gasteiger partial charge in [-0.3, -0.25) is 9.59 Å². The van der Waals surface area contributed by atoms with Gasteiger partial charge in [-0.05, 0) is 41.8 Å². The standard InChI is InChI=1S/C22H25NO5/c1-16-7-5-6-8-18(16)14-23(15-22(25)28-4)21(24)12-10-17-9-11-19(26-2)20(13-17)27-3/h5-13H,14-15H2,1-4H3/b12-10+. The van der Waals surface area contributed by atoms with Crippen LogP contribution in [0, 0.1) is 6.92 Å². The number of hydrogen-bond donors (Lipinski definition) is 0. The number of esters is 1. The van der Waals surface area contributed by atoms with Crippen molar-refractivity contribution in [1.82, 2.24) is 4.90 Å². The third-order valence-electron chi connectivity index (χ3n) is 4.31. The van der Waals surface area contributed by atoms with Gasteiger partial charge in [0.05, 0.1) is 21.3 Å². The predicted molar refractivity (Wildman–Crippen MR) is 107 cm³/mol. The zero-order valence-corrected chi connectivity index (χ0v) is 16.6. The number of amides is 1. The van der Waals surface area contributed by atoms with Crippen LogP contribution in [0.15, 0.2) is 48.5 Å². The topological polar surface area (TPSA) is 65.1 Å². The van der Waals surface area contributed by atoms with E-state index in [2.05, 4.69) is 0 Å². The zero-order chi connectivity index (χ0) is 20.5. The largest absolute Gasteiger partial charge is 0.493 e. The van der Waals surface area contributed by atoms with E-state index in [-0.39, 0.29) is 12.5 Å². The van der Waals surface area contributed by atoms with Gasteiger partial charge in [0.1, 0.15) is 6.54 Å². The van der Waals surface area contributed by atoms with Crippen molar-refractivity contribution < 1.29 is 23.8 Å². The van der Waals surface area contributed by atoms with Gasteiger partial charge in [0.25, 0.3) is 0 Å².